The van der Waals surface area contributed by atoms with Gasteiger partial charge in [0.05, 0.1) is 25.8 Å². The van der Waals surface area contributed by atoms with Gasteiger partial charge in [0, 0.05) is 24.4 Å². The molecule has 2 aliphatic heterocycles. The maximum Gasteiger partial charge on any atom is 0.228 e. The van der Waals surface area contributed by atoms with Crippen molar-refractivity contribution >= 4 is 17.6 Å². The van der Waals surface area contributed by atoms with Crippen molar-refractivity contribution in [2.45, 2.75) is 44.8 Å². The Hall–Kier alpha value is -2.69. The fourth-order valence-corrected chi connectivity index (χ4v) is 4.35. The molecule has 0 aromatic heterocycles. The second-order valence-electron chi connectivity index (χ2n) is 7.88. The van der Waals surface area contributed by atoms with E-state index >= 15 is 0 Å². The van der Waals surface area contributed by atoms with Crippen LogP contribution in [0, 0.1) is 0 Å². The fraction of sp³-hybridized carbons (Fsp3) is 0.435. The minimum absolute atomic E-state index is 0.283. The summed E-state index contributed by atoms with van der Waals surface area (Å²) in [6.07, 6.45) is 4.15. The van der Waals surface area contributed by atoms with Gasteiger partial charge in [0.25, 0.3) is 0 Å². The summed E-state index contributed by atoms with van der Waals surface area (Å²) in [5.74, 6) is 2.02. The zero-order valence-electron chi connectivity index (χ0n) is 17.3. The monoisotopic (exact) mass is 380 g/mol. The number of para-hydroxylation sites is 1. The van der Waals surface area contributed by atoms with Crippen LogP contribution in [0.5, 0.6) is 17.2 Å². The summed E-state index contributed by atoms with van der Waals surface area (Å²) in [4.78, 5) is 7.20. The van der Waals surface area contributed by atoms with Crippen LogP contribution < -0.4 is 19.1 Å². The van der Waals surface area contributed by atoms with Crippen molar-refractivity contribution in [2.75, 3.05) is 25.7 Å². The molecule has 5 heteroatoms. The smallest absolute Gasteiger partial charge is 0.228 e. The van der Waals surface area contributed by atoms with Gasteiger partial charge in [-0.05, 0) is 31.9 Å². The maximum absolute atomic E-state index is 6.79. The van der Waals surface area contributed by atoms with Gasteiger partial charge < -0.3 is 19.1 Å². The van der Waals surface area contributed by atoms with Crippen molar-refractivity contribution in [3.05, 3.63) is 42.0 Å². The highest BCUT2D eigenvalue weighted by molar-refractivity contribution is 5.89. The van der Waals surface area contributed by atoms with Gasteiger partial charge in [0.1, 0.15) is 11.4 Å². The summed E-state index contributed by atoms with van der Waals surface area (Å²) in [7, 11) is 3.28. The zero-order valence-corrected chi connectivity index (χ0v) is 17.3. The third-order valence-corrected chi connectivity index (χ3v) is 6.00. The molecule has 0 saturated heterocycles. The number of benzene rings is 2. The number of unbranched alkanes of at least 4 members (excludes halogenated alkanes) is 1. The Labute approximate surface area is 166 Å². The van der Waals surface area contributed by atoms with Crippen LogP contribution in [0.3, 0.4) is 0 Å². The second-order valence-corrected chi connectivity index (χ2v) is 7.88. The molecular weight excluding hydrogens is 352 g/mol. The molecule has 5 nitrogen and oxygen atoms in total. The van der Waals surface area contributed by atoms with Crippen LogP contribution in [0.15, 0.2) is 41.4 Å². The van der Waals surface area contributed by atoms with Gasteiger partial charge >= 0.3 is 0 Å². The van der Waals surface area contributed by atoms with Crippen molar-refractivity contribution in [1.29, 1.82) is 0 Å². The molecule has 4 rings (SSSR count). The van der Waals surface area contributed by atoms with Crippen molar-refractivity contribution in [3.63, 3.8) is 0 Å². The molecule has 0 amide bonds. The second kappa shape index (κ2) is 6.73. The van der Waals surface area contributed by atoms with E-state index in [2.05, 4.69) is 49.9 Å². The van der Waals surface area contributed by atoms with Crippen LogP contribution in [0.2, 0.25) is 0 Å². The van der Waals surface area contributed by atoms with Gasteiger partial charge in [-0.25, -0.2) is 4.99 Å². The zero-order chi connectivity index (χ0) is 19.9. The number of methoxy groups -OCH3 is 2. The fourth-order valence-electron chi connectivity index (χ4n) is 4.35. The standard InChI is InChI=1S/C23H28N2O3/c1-6-7-12-25-18-11-9-8-10-17(18)22(2,3)23(25)15-24-21-19(27-5)13-16(26-4)14-20(21)28-23/h8-11,13-15H,6-7,12H2,1-5H3. The first-order valence-electron chi connectivity index (χ1n) is 9.86. The van der Waals surface area contributed by atoms with E-state index < -0.39 is 5.72 Å². The Balaban J connectivity index is 1.88. The lowest BCUT2D eigenvalue weighted by Crippen LogP contribution is -2.62. The van der Waals surface area contributed by atoms with Gasteiger partial charge in [-0.3, -0.25) is 0 Å². The maximum atomic E-state index is 6.79. The third-order valence-electron chi connectivity index (χ3n) is 6.00. The molecule has 0 radical (unpaired) electrons. The predicted octanol–water partition coefficient (Wildman–Crippen LogP) is 5.09. The topological polar surface area (TPSA) is 43.3 Å². The molecule has 1 spiro atoms. The number of anilines is 1. The highest BCUT2D eigenvalue weighted by atomic mass is 16.5. The molecule has 148 valence electrons. The summed E-state index contributed by atoms with van der Waals surface area (Å²) in [6, 6.07) is 12.3. The summed E-state index contributed by atoms with van der Waals surface area (Å²) in [5, 5.41) is 0. The number of nitrogens with zero attached hydrogens (tertiary/aromatic N) is 2. The van der Waals surface area contributed by atoms with E-state index in [4.69, 9.17) is 19.2 Å². The SMILES string of the molecule is CCCCN1c2ccccc2C(C)(C)C12C=Nc1c(OC)cc(OC)cc1O2. The quantitative estimate of drug-likeness (QED) is 0.724. The normalized spacial score (nSPS) is 21.2. The van der Waals surface area contributed by atoms with E-state index in [0.717, 1.165) is 19.4 Å². The molecule has 1 atom stereocenters. The number of hydrogen-bond acceptors (Lipinski definition) is 5. The Kier molecular flexibility index (Phi) is 4.48. The van der Waals surface area contributed by atoms with Crippen molar-refractivity contribution in [2.24, 2.45) is 4.99 Å². The summed E-state index contributed by atoms with van der Waals surface area (Å²) in [5.41, 5.74) is 2.21. The molecule has 0 bridgehead atoms. The first-order valence-corrected chi connectivity index (χ1v) is 9.86. The lowest BCUT2D eigenvalue weighted by atomic mass is 9.77. The Bertz CT molecular complexity index is 922. The Morgan fingerprint density at radius 1 is 1.11 bits per heavy atom. The van der Waals surface area contributed by atoms with Crippen LogP contribution in [-0.2, 0) is 5.41 Å². The van der Waals surface area contributed by atoms with Crippen LogP contribution in [0.1, 0.15) is 39.2 Å². The summed E-state index contributed by atoms with van der Waals surface area (Å²) in [6.45, 7) is 7.57. The molecule has 0 saturated carbocycles. The molecule has 0 aliphatic carbocycles. The Morgan fingerprint density at radius 3 is 2.61 bits per heavy atom. The van der Waals surface area contributed by atoms with E-state index in [-0.39, 0.29) is 5.41 Å². The molecule has 1 unspecified atom stereocenters. The van der Waals surface area contributed by atoms with Gasteiger partial charge in [0.15, 0.2) is 11.5 Å². The molecule has 2 aliphatic rings. The number of rotatable bonds is 5. The van der Waals surface area contributed by atoms with Crippen LogP contribution >= 0.6 is 0 Å². The van der Waals surface area contributed by atoms with E-state index in [1.165, 1.54) is 11.3 Å². The van der Waals surface area contributed by atoms with Crippen molar-refractivity contribution in [3.8, 4) is 17.2 Å². The highest BCUT2D eigenvalue weighted by Gasteiger charge is 2.59. The summed E-state index contributed by atoms with van der Waals surface area (Å²) < 4.78 is 17.8. The lowest BCUT2D eigenvalue weighted by molar-refractivity contribution is 0.0767. The lowest BCUT2D eigenvalue weighted by Gasteiger charge is -2.46. The van der Waals surface area contributed by atoms with Crippen molar-refractivity contribution in [1.82, 2.24) is 0 Å². The van der Waals surface area contributed by atoms with Crippen LogP contribution in [0.25, 0.3) is 0 Å². The van der Waals surface area contributed by atoms with Gasteiger partial charge in [-0.15, -0.1) is 0 Å². The van der Waals surface area contributed by atoms with E-state index in [0.29, 0.717) is 22.9 Å². The molecule has 2 aromatic carbocycles. The molecule has 0 N–H and O–H groups in total. The molecular formula is C23H28N2O3. The largest absolute Gasteiger partial charge is 0.496 e. The third kappa shape index (κ3) is 2.49. The van der Waals surface area contributed by atoms with E-state index in [1.807, 2.05) is 18.3 Å². The average Bonchev–Trinajstić information content (AvgIpc) is 2.89. The average molecular weight is 380 g/mol. The minimum atomic E-state index is -0.698. The molecule has 0 fully saturated rings. The number of aliphatic imine (C=N–C) groups is 1. The first kappa shape index (κ1) is 18.7. The number of hydrogen-bond donors (Lipinski definition) is 0. The van der Waals surface area contributed by atoms with E-state index in [9.17, 15) is 0 Å². The van der Waals surface area contributed by atoms with Crippen LogP contribution in [0.4, 0.5) is 11.4 Å². The minimum Gasteiger partial charge on any atom is -0.496 e. The number of ether oxygens (including phenoxy) is 3. The van der Waals surface area contributed by atoms with Gasteiger partial charge in [-0.2, -0.15) is 0 Å². The van der Waals surface area contributed by atoms with Crippen molar-refractivity contribution < 1.29 is 14.2 Å². The molecule has 28 heavy (non-hydrogen) atoms. The summed E-state index contributed by atoms with van der Waals surface area (Å²) >= 11 is 0. The molecule has 2 heterocycles. The van der Waals surface area contributed by atoms with Gasteiger partial charge in [0.2, 0.25) is 5.72 Å². The first-order chi connectivity index (χ1) is 13.5. The molecule has 2 aromatic rings. The van der Waals surface area contributed by atoms with E-state index in [1.54, 1.807) is 14.2 Å². The Morgan fingerprint density at radius 2 is 1.89 bits per heavy atom. The van der Waals surface area contributed by atoms with Crippen LogP contribution in [-0.4, -0.2) is 32.7 Å². The highest BCUT2D eigenvalue weighted by Crippen LogP contribution is 2.55. The number of fused-ring (bicyclic) bond motifs is 2. The predicted molar refractivity (Wildman–Crippen MR) is 113 cm³/mol. The van der Waals surface area contributed by atoms with Gasteiger partial charge in [-0.1, -0.05) is 31.5 Å².